The highest BCUT2D eigenvalue weighted by Crippen LogP contribution is 2.27. The number of hydrazone groups is 1. The van der Waals surface area contributed by atoms with Gasteiger partial charge >= 0.3 is 5.69 Å². The van der Waals surface area contributed by atoms with Crippen molar-refractivity contribution in [1.82, 2.24) is 5.43 Å². The number of nitrogens with zero attached hydrogens (tertiary/aromatic N) is 2. The van der Waals surface area contributed by atoms with Crippen molar-refractivity contribution < 1.29 is 14.8 Å². The van der Waals surface area contributed by atoms with Gasteiger partial charge in [0.2, 0.25) is 5.91 Å². The first-order valence-corrected chi connectivity index (χ1v) is 4.91. The van der Waals surface area contributed by atoms with E-state index in [2.05, 4.69) is 10.5 Å². The van der Waals surface area contributed by atoms with E-state index in [4.69, 9.17) is 0 Å². The third-order valence-electron chi connectivity index (χ3n) is 2.41. The number of nitro benzene ring substituents is 1. The predicted octanol–water partition coefficient (Wildman–Crippen LogP) is 0.914. The molecule has 88 valence electrons. The van der Waals surface area contributed by atoms with Gasteiger partial charge in [-0.1, -0.05) is 0 Å². The summed E-state index contributed by atoms with van der Waals surface area (Å²) >= 11 is 0. The summed E-state index contributed by atoms with van der Waals surface area (Å²) < 4.78 is 0. The van der Waals surface area contributed by atoms with E-state index in [9.17, 15) is 20.0 Å². The molecule has 2 N–H and O–H groups in total. The van der Waals surface area contributed by atoms with Gasteiger partial charge in [0.15, 0.2) is 5.75 Å². The fourth-order valence-corrected chi connectivity index (χ4v) is 1.53. The Hall–Kier alpha value is -2.44. The fourth-order valence-electron chi connectivity index (χ4n) is 1.53. The molecule has 0 aliphatic carbocycles. The van der Waals surface area contributed by atoms with Crippen LogP contribution >= 0.6 is 0 Å². The van der Waals surface area contributed by atoms with Gasteiger partial charge in [-0.3, -0.25) is 14.9 Å². The average Bonchev–Trinajstić information content (AvgIpc) is 2.30. The number of carbonyl (C=O) groups is 1. The molecule has 1 amide bonds. The van der Waals surface area contributed by atoms with Crippen LogP contribution in [-0.2, 0) is 4.79 Å². The zero-order valence-corrected chi connectivity index (χ0v) is 8.71. The van der Waals surface area contributed by atoms with Crippen molar-refractivity contribution in [2.45, 2.75) is 12.8 Å². The van der Waals surface area contributed by atoms with Crippen LogP contribution in [0.3, 0.4) is 0 Å². The molecule has 7 heteroatoms. The number of nitro groups is 1. The Bertz CT molecular complexity index is 524. The maximum Gasteiger partial charge on any atom is 0.311 e. The number of nitrogens with one attached hydrogen (secondary N) is 1. The van der Waals surface area contributed by atoms with Crippen molar-refractivity contribution in [1.29, 1.82) is 0 Å². The van der Waals surface area contributed by atoms with Gasteiger partial charge in [-0.25, -0.2) is 5.43 Å². The molecule has 17 heavy (non-hydrogen) atoms. The van der Waals surface area contributed by atoms with Crippen LogP contribution in [0.4, 0.5) is 5.69 Å². The molecule has 1 aromatic carbocycles. The molecule has 0 spiro atoms. The first-order valence-electron chi connectivity index (χ1n) is 4.91. The van der Waals surface area contributed by atoms with Crippen molar-refractivity contribution in [2.75, 3.05) is 0 Å². The fraction of sp³-hybridized carbons (Fsp3) is 0.200. The van der Waals surface area contributed by atoms with Crippen LogP contribution in [0.1, 0.15) is 18.4 Å². The van der Waals surface area contributed by atoms with E-state index >= 15 is 0 Å². The summed E-state index contributed by atoms with van der Waals surface area (Å²) in [6, 6.07) is 4.01. The van der Waals surface area contributed by atoms with Gasteiger partial charge < -0.3 is 5.11 Å². The van der Waals surface area contributed by atoms with E-state index in [1.807, 2.05) is 0 Å². The third kappa shape index (κ3) is 2.22. The van der Waals surface area contributed by atoms with Gasteiger partial charge in [0, 0.05) is 24.5 Å². The number of phenols is 1. The minimum atomic E-state index is -0.666. The lowest BCUT2D eigenvalue weighted by molar-refractivity contribution is -0.385. The minimum Gasteiger partial charge on any atom is -0.502 e. The standard InChI is InChI=1S/C10H9N3O4/c14-9-3-1-6(5-8(9)13(16)17)7-2-4-10(15)12-11-7/h1,3,5,14H,2,4H2,(H,12,15). The topological polar surface area (TPSA) is 105 Å². The second-order valence-corrected chi connectivity index (χ2v) is 3.55. The molecule has 0 saturated heterocycles. The Labute approximate surface area is 95.9 Å². The lowest BCUT2D eigenvalue weighted by atomic mass is 10.0. The quantitative estimate of drug-likeness (QED) is 0.587. The SMILES string of the molecule is O=C1CCC(c2ccc(O)c([N+](=O)[O-])c2)=NN1. The summed E-state index contributed by atoms with van der Waals surface area (Å²) in [5.74, 6) is -0.568. The molecule has 1 aromatic rings. The minimum absolute atomic E-state index is 0.179. The molecule has 0 radical (unpaired) electrons. The summed E-state index contributed by atoms with van der Waals surface area (Å²) in [5.41, 5.74) is 3.02. The molecule has 0 bridgehead atoms. The highest BCUT2D eigenvalue weighted by molar-refractivity contribution is 6.04. The molecular weight excluding hydrogens is 226 g/mol. The Morgan fingerprint density at radius 2 is 2.18 bits per heavy atom. The van der Waals surface area contributed by atoms with Gasteiger partial charge in [-0.05, 0) is 12.1 Å². The molecule has 1 aliphatic heterocycles. The number of rotatable bonds is 2. The first kappa shape index (κ1) is 11.1. The van der Waals surface area contributed by atoms with Crippen LogP contribution in [0, 0.1) is 10.1 Å². The zero-order valence-electron chi connectivity index (χ0n) is 8.71. The van der Waals surface area contributed by atoms with Crippen LogP contribution in [0.5, 0.6) is 5.75 Å². The Balaban J connectivity index is 2.37. The van der Waals surface area contributed by atoms with Crippen LogP contribution in [0.2, 0.25) is 0 Å². The van der Waals surface area contributed by atoms with E-state index in [1.54, 1.807) is 0 Å². The van der Waals surface area contributed by atoms with Gasteiger partial charge in [0.25, 0.3) is 0 Å². The molecular formula is C10H9N3O4. The van der Waals surface area contributed by atoms with Crippen molar-refractivity contribution in [3.05, 3.63) is 33.9 Å². The van der Waals surface area contributed by atoms with Gasteiger partial charge in [-0.2, -0.15) is 5.10 Å². The van der Waals surface area contributed by atoms with Gasteiger partial charge in [0.1, 0.15) is 0 Å². The smallest absolute Gasteiger partial charge is 0.311 e. The monoisotopic (exact) mass is 235 g/mol. The molecule has 1 aliphatic rings. The van der Waals surface area contributed by atoms with Crippen molar-refractivity contribution >= 4 is 17.3 Å². The number of aromatic hydroxyl groups is 1. The van der Waals surface area contributed by atoms with E-state index in [-0.39, 0.29) is 17.3 Å². The van der Waals surface area contributed by atoms with Crippen LogP contribution in [0.15, 0.2) is 23.3 Å². The first-order chi connectivity index (χ1) is 8.08. The second-order valence-electron chi connectivity index (χ2n) is 3.55. The number of hydrogen-bond donors (Lipinski definition) is 2. The Kier molecular flexibility index (Phi) is 2.73. The van der Waals surface area contributed by atoms with E-state index in [0.29, 0.717) is 24.1 Å². The summed E-state index contributed by atoms with van der Waals surface area (Å²) in [6.45, 7) is 0. The van der Waals surface area contributed by atoms with E-state index < -0.39 is 4.92 Å². The third-order valence-corrected chi connectivity index (χ3v) is 2.41. The summed E-state index contributed by atoms with van der Waals surface area (Å²) in [7, 11) is 0. The molecule has 0 unspecified atom stereocenters. The van der Waals surface area contributed by atoms with Crippen molar-refractivity contribution in [3.63, 3.8) is 0 Å². The van der Waals surface area contributed by atoms with Gasteiger partial charge in [-0.15, -0.1) is 0 Å². The lowest BCUT2D eigenvalue weighted by Crippen LogP contribution is -2.25. The number of phenolic OH excluding ortho intramolecular Hbond substituents is 1. The van der Waals surface area contributed by atoms with Crippen molar-refractivity contribution in [2.24, 2.45) is 5.10 Å². The lowest BCUT2D eigenvalue weighted by Gasteiger charge is -2.11. The maximum atomic E-state index is 10.9. The Morgan fingerprint density at radius 1 is 1.41 bits per heavy atom. The highest BCUT2D eigenvalue weighted by atomic mass is 16.6. The van der Waals surface area contributed by atoms with Crippen LogP contribution < -0.4 is 5.43 Å². The summed E-state index contributed by atoms with van der Waals surface area (Å²) in [6.07, 6.45) is 0.723. The van der Waals surface area contributed by atoms with E-state index in [1.165, 1.54) is 18.2 Å². The summed E-state index contributed by atoms with van der Waals surface area (Å²) in [5, 5.41) is 23.8. The van der Waals surface area contributed by atoms with Crippen LogP contribution in [-0.4, -0.2) is 21.6 Å². The average molecular weight is 235 g/mol. The second kappa shape index (κ2) is 4.20. The predicted molar refractivity (Wildman–Crippen MR) is 58.7 cm³/mol. The van der Waals surface area contributed by atoms with Gasteiger partial charge in [0.05, 0.1) is 10.6 Å². The maximum absolute atomic E-state index is 10.9. The normalized spacial score (nSPS) is 15.1. The molecule has 1 heterocycles. The highest BCUT2D eigenvalue weighted by Gasteiger charge is 2.18. The van der Waals surface area contributed by atoms with E-state index in [0.717, 1.165) is 0 Å². The number of hydrogen-bond acceptors (Lipinski definition) is 5. The van der Waals surface area contributed by atoms with Crippen LogP contribution in [0.25, 0.3) is 0 Å². The zero-order chi connectivity index (χ0) is 12.4. The molecule has 0 saturated carbocycles. The molecule has 2 rings (SSSR count). The number of amides is 1. The molecule has 0 atom stereocenters. The number of carbonyl (C=O) groups excluding carboxylic acids is 1. The largest absolute Gasteiger partial charge is 0.502 e. The molecule has 0 aromatic heterocycles. The molecule has 7 nitrogen and oxygen atoms in total. The summed E-state index contributed by atoms with van der Waals surface area (Å²) in [4.78, 5) is 20.9. The number of benzene rings is 1. The Morgan fingerprint density at radius 3 is 2.76 bits per heavy atom. The van der Waals surface area contributed by atoms with Crippen molar-refractivity contribution in [3.8, 4) is 5.75 Å². The molecule has 0 fully saturated rings.